The van der Waals surface area contributed by atoms with Gasteiger partial charge in [-0.25, -0.2) is 0 Å². The zero-order chi connectivity index (χ0) is 15.2. The normalized spacial score (nSPS) is 22.4. The average molecular weight is 289 g/mol. The Labute approximate surface area is 130 Å². The molecule has 1 heterocycles. The molecule has 3 nitrogen and oxygen atoms in total. The van der Waals surface area contributed by atoms with E-state index in [1.54, 1.807) is 0 Å². The third-order valence-corrected chi connectivity index (χ3v) is 4.73. The number of hydrogen-bond donors (Lipinski definition) is 1. The summed E-state index contributed by atoms with van der Waals surface area (Å²) < 4.78 is 0. The molecule has 1 aromatic carbocycles. The van der Waals surface area contributed by atoms with Crippen molar-refractivity contribution >= 4 is 0 Å². The van der Waals surface area contributed by atoms with Crippen molar-refractivity contribution in [2.75, 3.05) is 33.2 Å². The van der Waals surface area contributed by atoms with Crippen LogP contribution in [0.25, 0.3) is 0 Å². The van der Waals surface area contributed by atoms with Gasteiger partial charge >= 0.3 is 0 Å². The summed E-state index contributed by atoms with van der Waals surface area (Å²) in [7, 11) is 2.23. The third kappa shape index (κ3) is 4.53. The first kappa shape index (κ1) is 16.5. The molecule has 1 aliphatic rings. The first-order valence-electron chi connectivity index (χ1n) is 8.41. The summed E-state index contributed by atoms with van der Waals surface area (Å²) in [6, 6.07) is 9.70. The predicted octanol–water partition coefficient (Wildman–Crippen LogP) is 2.66. The molecule has 2 atom stereocenters. The monoisotopic (exact) mass is 289 g/mol. The molecule has 0 aromatic heterocycles. The maximum atomic E-state index is 6.42. The van der Waals surface area contributed by atoms with Gasteiger partial charge in [0.25, 0.3) is 0 Å². The number of aryl methyl sites for hydroxylation is 1. The van der Waals surface area contributed by atoms with E-state index >= 15 is 0 Å². The predicted molar refractivity (Wildman–Crippen MR) is 90.5 cm³/mol. The van der Waals surface area contributed by atoms with Crippen molar-refractivity contribution in [3.63, 3.8) is 0 Å². The Morgan fingerprint density at radius 3 is 2.52 bits per heavy atom. The van der Waals surface area contributed by atoms with Crippen LogP contribution in [0.3, 0.4) is 0 Å². The summed E-state index contributed by atoms with van der Waals surface area (Å²) in [5.74, 6) is 0. The van der Waals surface area contributed by atoms with Gasteiger partial charge in [-0.2, -0.15) is 0 Å². The number of rotatable bonds is 6. The molecule has 0 saturated carbocycles. The van der Waals surface area contributed by atoms with Crippen LogP contribution in [0, 0.1) is 0 Å². The first-order valence-corrected chi connectivity index (χ1v) is 8.41. The Balaban J connectivity index is 1.90. The molecule has 1 aliphatic heterocycles. The fourth-order valence-corrected chi connectivity index (χ4v) is 3.22. The van der Waals surface area contributed by atoms with Crippen LogP contribution in [0.2, 0.25) is 0 Å². The molecule has 0 aliphatic carbocycles. The van der Waals surface area contributed by atoms with E-state index in [1.807, 2.05) is 0 Å². The summed E-state index contributed by atoms with van der Waals surface area (Å²) in [5.41, 5.74) is 9.10. The highest BCUT2D eigenvalue weighted by atomic mass is 15.3. The van der Waals surface area contributed by atoms with E-state index in [4.69, 9.17) is 5.73 Å². The molecule has 1 aromatic rings. The van der Waals surface area contributed by atoms with E-state index < -0.39 is 0 Å². The molecule has 0 radical (unpaired) electrons. The van der Waals surface area contributed by atoms with Gasteiger partial charge < -0.3 is 10.6 Å². The van der Waals surface area contributed by atoms with Gasteiger partial charge in [0.1, 0.15) is 0 Å². The highest BCUT2D eigenvalue weighted by Crippen LogP contribution is 2.17. The standard InChI is InChI=1S/C18H31N3/c1-4-6-15-7-9-16(10-8-15)18(19)14-21-12-11-20(3)17(5-2)13-21/h7-10,17-18H,4-6,11-14,19H2,1-3H3. The lowest BCUT2D eigenvalue weighted by Crippen LogP contribution is -2.52. The van der Waals surface area contributed by atoms with Gasteiger partial charge in [0.05, 0.1) is 0 Å². The van der Waals surface area contributed by atoms with Gasteiger partial charge in [0.2, 0.25) is 0 Å². The molecule has 2 unspecified atom stereocenters. The highest BCUT2D eigenvalue weighted by Gasteiger charge is 2.24. The third-order valence-electron chi connectivity index (χ3n) is 4.73. The highest BCUT2D eigenvalue weighted by molar-refractivity contribution is 5.25. The van der Waals surface area contributed by atoms with Gasteiger partial charge in [-0.05, 0) is 31.0 Å². The Morgan fingerprint density at radius 1 is 1.19 bits per heavy atom. The minimum Gasteiger partial charge on any atom is -0.323 e. The molecule has 0 bridgehead atoms. The second-order valence-corrected chi connectivity index (χ2v) is 6.40. The van der Waals surface area contributed by atoms with E-state index in [9.17, 15) is 0 Å². The van der Waals surface area contributed by atoms with Crippen LogP contribution in [-0.4, -0.2) is 49.1 Å². The van der Waals surface area contributed by atoms with Gasteiger partial charge in [0.15, 0.2) is 0 Å². The molecule has 1 fully saturated rings. The van der Waals surface area contributed by atoms with Crippen molar-refractivity contribution in [1.29, 1.82) is 0 Å². The van der Waals surface area contributed by atoms with Crippen LogP contribution in [-0.2, 0) is 6.42 Å². The zero-order valence-corrected chi connectivity index (χ0v) is 13.9. The molecular weight excluding hydrogens is 258 g/mol. The number of benzene rings is 1. The smallest absolute Gasteiger partial charge is 0.0424 e. The maximum absolute atomic E-state index is 6.42. The van der Waals surface area contributed by atoms with E-state index in [1.165, 1.54) is 24.0 Å². The minimum absolute atomic E-state index is 0.126. The number of piperazine rings is 1. The molecular formula is C18H31N3. The first-order chi connectivity index (χ1) is 10.1. The molecule has 2 rings (SSSR count). The summed E-state index contributed by atoms with van der Waals surface area (Å²) in [6.45, 7) is 8.90. The Morgan fingerprint density at radius 2 is 1.90 bits per heavy atom. The van der Waals surface area contributed by atoms with Crippen molar-refractivity contribution < 1.29 is 0 Å². The van der Waals surface area contributed by atoms with E-state index in [0.29, 0.717) is 6.04 Å². The summed E-state index contributed by atoms with van der Waals surface area (Å²) >= 11 is 0. The summed E-state index contributed by atoms with van der Waals surface area (Å²) in [5, 5.41) is 0. The van der Waals surface area contributed by atoms with Crippen molar-refractivity contribution in [2.24, 2.45) is 5.73 Å². The molecule has 21 heavy (non-hydrogen) atoms. The Hall–Kier alpha value is -0.900. The maximum Gasteiger partial charge on any atom is 0.0424 e. The second kappa shape index (κ2) is 7.92. The zero-order valence-electron chi connectivity index (χ0n) is 13.9. The molecule has 0 amide bonds. The molecule has 2 N–H and O–H groups in total. The van der Waals surface area contributed by atoms with Crippen molar-refractivity contribution in [3.05, 3.63) is 35.4 Å². The second-order valence-electron chi connectivity index (χ2n) is 6.40. The van der Waals surface area contributed by atoms with Crippen molar-refractivity contribution in [2.45, 2.75) is 45.2 Å². The fourth-order valence-electron chi connectivity index (χ4n) is 3.22. The van der Waals surface area contributed by atoms with Gasteiger partial charge in [0, 0.05) is 38.3 Å². The van der Waals surface area contributed by atoms with Crippen LogP contribution in [0.4, 0.5) is 0 Å². The lowest BCUT2D eigenvalue weighted by atomic mass is 10.0. The van der Waals surface area contributed by atoms with Crippen LogP contribution < -0.4 is 5.73 Å². The van der Waals surface area contributed by atoms with Crippen molar-refractivity contribution in [1.82, 2.24) is 9.80 Å². The van der Waals surface area contributed by atoms with Crippen LogP contribution >= 0.6 is 0 Å². The minimum atomic E-state index is 0.126. The topological polar surface area (TPSA) is 32.5 Å². The Kier molecular flexibility index (Phi) is 6.22. The van der Waals surface area contributed by atoms with Gasteiger partial charge in [-0.1, -0.05) is 44.5 Å². The molecule has 1 saturated heterocycles. The van der Waals surface area contributed by atoms with Gasteiger partial charge in [-0.3, -0.25) is 4.90 Å². The van der Waals surface area contributed by atoms with Crippen LogP contribution in [0.1, 0.15) is 43.9 Å². The number of likely N-dealkylation sites (N-methyl/N-ethyl adjacent to an activating group) is 1. The van der Waals surface area contributed by atoms with Crippen LogP contribution in [0.15, 0.2) is 24.3 Å². The number of nitrogens with zero attached hydrogens (tertiary/aromatic N) is 2. The van der Waals surface area contributed by atoms with Crippen LogP contribution in [0.5, 0.6) is 0 Å². The lowest BCUT2D eigenvalue weighted by Gasteiger charge is -2.40. The average Bonchev–Trinajstić information content (AvgIpc) is 2.50. The van der Waals surface area contributed by atoms with E-state index in [0.717, 1.165) is 32.6 Å². The number of nitrogens with two attached hydrogens (primary N) is 1. The molecule has 0 spiro atoms. The SMILES string of the molecule is CCCc1ccc(C(N)CN2CCN(C)C(CC)C2)cc1. The quantitative estimate of drug-likeness (QED) is 0.874. The van der Waals surface area contributed by atoms with Gasteiger partial charge in [-0.15, -0.1) is 0 Å². The molecule has 118 valence electrons. The summed E-state index contributed by atoms with van der Waals surface area (Å²) in [6.07, 6.45) is 3.57. The lowest BCUT2D eigenvalue weighted by molar-refractivity contribution is 0.0890. The van der Waals surface area contributed by atoms with Crippen molar-refractivity contribution in [3.8, 4) is 0 Å². The fraction of sp³-hybridized carbons (Fsp3) is 0.667. The number of hydrogen-bond acceptors (Lipinski definition) is 3. The Bertz CT molecular complexity index is 415. The summed E-state index contributed by atoms with van der Waals surface area (Å²) in [4.78, 5) is 5.00. The molecule has 3 heteroatoms. The van der Waals surface area contributed by atoms with E-state index in [2.05, 4.69) is 55.0 Å². The van der Waals surface area contributed by atoms with E-state index in [-0.39, 0.29) is 6.04 Å². The largest absolute Gasteiger partial charge is 0.323 e.